The molecule has 0 aliphatic heterocycles. The largest absolute Gasteiger partial charge is 1.00 e. The van der Waals surface area contributed by atoms with Crippen LogP contribution in [0.5, 0.6) is 0 Å². The van der Waals surface area contributed by atoms with Gasteiger partial charge in [0.05, 0.1) is 0 Å². The van der Waals surface area contributed by atoms with Crippen molar-refractivity contribution < 1.29 is 45.2 Å². The maximum absolute atomic E-state index is 2.69. The molecular formula is C36H52Cl2SiZr. The Hall–Kier alpha value is -0.400. The fraction of sp³-hybridized carbons (Fsp3) is 0.556. The molecule has 2 unspecified atom stereocenters. The molecule has 0 heterocycles. The molecule has 0 nitrogen and oxygen atoms in total. The molecule has 2 aromatic rings. The maximum atomic E-state index is 2.69. The summed E-state index contributed by atoms with van der Waals surface area (Å²) >= 11 is -2.06. The monoisotopic (exact) mass is 672 g/mol. The van der Waals surface area contributed by atoms with Crippen molar-refractivity contribution >= 4 is 17.6 Å². The van der Waals surface area contributed by atoms with Gasteiger partial charge < -0.3 is 24.8 Å². The fourth-order valence-electron chi connectivity index (χ4n) is 7.61. The normalized spacial score (nSPS) is 16.7. The second-order valence-corrected chi connectivity index (χ2v) is 30.3. The Morgan fingerprint density at radius 3 is 1.20 bits per heavy atom. The van der Waals surface area contributed by atoms with Crippen LogP contribution in [-0.2, 0) is 46.1 Å². The zero-order valence-corrected chi connectivity index (χ0v) is 31.8. The van der Waals surface area contributed by atoms with Crippen molar-refractivity contribution in [1.29, 1.82) is 0 Å². The maximum Gasteiger partial charge on any atom is -1.00 e. The number of fused-ring (bicyclic) bond motifs is 2. The van der Waals surface area contributed by atoms with Crippen LogP contribution in [-0.4, -0.2) is 5.43 Å². The molecule has 40 heavy (non-hydrogen) atoms. The number of benzene rings is 2. The summed E-state index contributed by atoms with van der Waals surface area (Å²) in [6.07, 6.45) is 15.1. The number of hydrogen-bond acceptors (Lipinski definition) is 0. The molecule has 4 rings (SSSR count). The number of allylic oxidation sites excluding steroid dienone is 2. The van der Waals surface area contributed by atoms with E-state index >= 15 is 0 Å². The van der Waals surface area contributed by atoms with E-state index in [2.05, 4.69) is 92.8 Å². The van der Waals surface area contributed by atoms with Gasteiger partial charge in [0.1, 0.15) is 0 Å². The third-order valence-corrected chi connectivity index (χ3v) is 29.1. The average Bonchev–Trinajstić information content (AvgIpc) is 3.39. The van der Waals surface area contributed by atoms with Crippen LogP contribution in [0.3, 0.4) is 0 Å². The first-order valence-corrected chi connectivity index (χ1v) is 24.6. The SMILES string of the molecule is CCCc1cc(CCC)c2c(c1C)[CH]([Zr+2]([CH]1C(C)=Cc3c(CCC)cc(CCC)c(C)c31)=[Si](C)C)C(C)=C2.[Cl-].[Cl-]. The van der Waals surface area contributed by atoms with E-state index in [1.165, 1.54) is 51.4 Å². The summed E-state index contributed by atoms with van der Waals surface area (Å²) in [7, 11) is 0. The third kappa shape index (κ3) is 6.56. The molecule has 0 saturated heterocycles. The van der Waals surface area contributed by atoms with Gasteiger partial charge in [-0.2, -0.15) is 0 Å². The summed E-state index contributed by atoms with van der Waals surface area (Å²) in [4.78, 5) is 0. The van der Waals surface area contributed by atoms with Gasteiger partial charge in [-0.3, -0.25) is 0 Å². The molecule has 0 N–H and O–H groups in total. The second kappa shape index (κ2) is 15.4. The predicted octanol–water partition coefficient (Wildman–Crippen LogP) is 4.61. The number of aryl methyl sites for hydroxylation is 4. The van der Waals surface area contributed by atoms with Crippen LogP contribution in [0.1, 0.15) is 130 Å². The van der Waals surface area contributed by atoms with E-state index in [1.54, 1.807) is 66.8 Å². The summed E-state index contributed by atoms with van der Waals surface area (Å²) in [5.74, 6) is 0. The molecular weight excluding hydrogens is 623 g/mol. The van der Waals surface area contributed by atoms with E-state index in [-0.39, 0.29) is 24.8 Å². The van der Waals surface area contributed by atoms with Gasteiger partial charge in [0.25, 0.3) is 0 Å². The van der Waals surface area contributed by atoms with Crippen LogP contribution in [0, 0.1) is 13.8 Å². The molecule has 4 heteroatoms. The first-order chi connectivity index (χ1) is 18.2. The topological polar surface area (TPSA) is 0 Å². The van der Waals surface area contributed by atoms with E-state index in [9.17, 15) is 0 Å². The molecule has 0 aromatic heterocycles. The van der Waals surface area contributed by atoms with Crippen molar-refractivity contribution in [3.05, 3.63) is 78.9 Å². The van der Waals surface area contributed by atoms with Crippen LogP contribution in [0.4, 0.5) is 0 Å². The van der Waals surface area contributed by atoms with E-state index < -0.39 is 25.8 Å². The van der Waals surface area contributed by atoms with Crippen molar-refractivity contribution in [2.75, 3.05) is 0 Å². The van der Waals surface area contributed by atoms with Crippen LogP contribution in [0.2, 0.25) is 13.1 Å². The van der Waals surface area contributed by atoms with Gasteiger partial charge >= 0.3 is 244 Å². The molecule has 2 aromatic carbocycles. The molecule has 0 amide bonds. The molecule has 0 saturated carbocycles. The minimum absolute atomic E-state index is 0. The molecule has 0 radical (unpaired) electrons. The Bertz CT molecular complexity index is 1230. The smallest absolute Gasteiger partial charge is 1.00 e. The van der Waals surface area contributed by atoms with Crippen molar-refractivity contribution in [3.63, 3.8) is 0 Å². The van der Waals surface area contributed by atoms with Gasteiger partial charge in [-0.25, -0.2) is 0 Å². The minimum Gasteiger partial charge on any atom is -1.00 e. The average molecular weight is 675 g/mol. The van der Waals surface area contributed by atoms with Gasteiger partial charge in [0.15, 0.2) is 0 Å². The summed E-state index contributed by atoms with van der Waals surface area (Å²) in [5.41, 5.74) is 19.7. The number of hydrogen-bond donors (Lipinski definition) is 0. The zero-order valence-electron chi connectivity index (χ0n) is 26.9. The minimum atomic E-state index is -2.06. The molecule has 2 atom stereocenters. The number of rotatable bonds is 10. The predicted molar refractivity (Wildman–Crippen MR) is 169 cm³/mol. The van der Waals surface area contributed by atoms with Gasteiger partial charge in [-0.1, -0.05) is 0 Å². The fourth-order valence-corrected chi connectivity index (χ4v) is 28.7. The van der Waals surface area contributed by atoms with Gasteiger partial charge in [0.2, 0.25) is 0 Å². The first-order valence-electron chi connectivity index (χ1n) is 15.5. The Balaban J connectivity index is 0.00000280. The molecule has 0 bridgehead atoms. The summed E-state index contributed by atoms with van der Waals surface area (Å²) in [6.45, 7) is 24.7. The van der Waals surface area contributed by atoms with Crippen molar-refractivity contribution in [1.82, 2.24) is 0 Å². The first kappa shape index (κ1) is 35.8. The quantitative estimate of drug-likeness (QED) is 0.324. The van der Waals surface area contributed by atoms with Gasteiger partial charge in [-0.05, 0) is 0 Å². The van der Waals surface area contributed by atoms with E-state index in [1.807, 2.05) is 0 Å². The van der Waals surface area contributed by atoms with Crippen molar-refractivity contribution in [2.45, 2.75) is 127 Å². The van der Waals surface area contributed by atoms with E-state index in [0.29, 0.717) is 0 Å². The van der Waals surface area contributed by atoms with Gasteiger partial charge in [0, 0.05) is 0 Å². The van der Waals surface area contributed by atoms with E-state index in [4.69, 9.17) is 0 Å². The van der Waals surface area contributed by atoms with Gasteiger partial charge in [-0.15, -0.1) is 0 Å². The molecule has 218 valence electrons. The Morgan fingerprint density at radius 1 is 0.575 bits per heavy atom. The number of halogens is 2. The van der Waals surface area contributed by atoms with Crippen LogP contribution in [0.25, 0.3) is 12.2 Å². The summed E-state index contributed by atoms with van der Waals surface area (Å²) in [6, 6.07) is 5.18. The summed E-state index contributed by atoms with van der Waals surface area (Å²) < 4.78 is 1.48. The van der Waals surface area contributed by atoms with Crippen molar-refractivity contribution in [2.24, 2.45) is 0 Å². The summed E-state index contributed by atoms with van der Waals surface area (Å²) in [5, 5.41) is 0. The van der Waals surface area contributed by atoms with E-state index in [0.717, 1.165) is 7.25 Å². The molecule has 2 aliphatic rings. The third-order valence-electron chi connectivity index (χ3n) is 9.25. The van der Waals surface area contributed by atoms with Crippen LogP contribution < -0.4 is 24.8 Å². The Kier molecular flexibility index (Phi) is 13.7. The second-order valence-electron chi connectivity index (χ2n) is 12.4. The van der Waals surface area contributed by atoms with Crippen LogP contribution >= 0.6 is 0 Å². The molecule has 2 aliphatic carbocycles. The zero-order chi connectivity index (χ0) is 27.7. The molecule has 0 fully saturated rings. The van der Waals surface area contributed by atoms with Crippen LogP contribution in [0.15, 0.2) is 23.3 Å². The Morgan fingerprint density at radius 2 is 0.900 bits per heavy atom. The van der Waals surface area contributed by atoms with Crippen molar-refractivity contribution in [3.8, 4) is 0 Å². The standard InChI is InChI=1S/2C17H23.C2H6Si.2ClH.Zr/c2*1-5-7-14-11-15(8-6-2)17-10-12(3)9-16(17)13(14)4;1-3-2;;;/h2*9-11H,5-8H2,1-4H3;1-2H3;2*1H;/q;;;;;+2/p-2. The molecule has 0 spiro atoms. The Labute approximate surface area is 266 Å².